The van der Waals surface area contributed by atoms with Gasteiger partial charge in [0.1, 0.15) is 11.4 Å². The van der Waals surface area contributed by atoms with Crippen LogP contribution < -0.4 is 9.64 Å². The molecule has 0 saturated heterocycles. The summed E-state index contributed by atoms with van der Waals surface area (Å²) in [5.74, 6) is -0.00251. The van der Waals surface area contributed by atoms with Crippen LogP contribution in [0.2, 0.25) is 0 Å². The fraction of sp³-hybridized carbons (Fsp3) is 0.227. The number of aryl methyl sites for hydroxylation is 1. The van der Waals surface area contributed by atoms with E-state index in [2.05, 4.69) is 5.16 Å². The molecule has 0 N–H and O–H groups in total. The summed E-state index contributed by atoms with van der Waals surface area (Å²) < 4.78 is 11.2. The Morgan fingerprint density at radius 2 is 1.83 bits per heavy atom. The summed E-state index contributed by atoms with van der Waals surface area (Å²) in [5.41, 5.74) is 3.17. The number of hydrogen-bond donors (Lipinski definition) is 0. The van der Waals surface area contributed by atoms with Gasteiger partial charge >= 0.3 is 0 Å². The van der Waals surface area contributed by atoms with Crippen molar-refractivity contribution in [1.29, 1.82) is 0 Å². The van der Waals surface area contributed by atoms with E-state index in [9.17, 15) is 9.59 Å². The largest absolute Gasteiger partial charge is 0.476 e. The first kappa shape index (κ1) is 18.7. The third-order valence-corrected chi connectivity index (χ3v) is 4.80. The second kappa shape index (κ2) is 7.43. The van der Waals surface area contributed by atoms with Crippen molar-refractivity contribution in [1.82, 2.24) is 10.1 Å². The van der Waals surface area contributed by atoms with E-state index in [0.717, 1.165) is 11.1 Å². The number of anilines is 1. The molecule has 29 heavy (non-hydrogen) atoms. The number of benzene rings is 2. The van der Waals surface area contributed by atoms with Gasteiger partial charge in [0.05, 0.1) is 12.2 Å². The van der Waals surface area contributed by atoms with Crippen molar-refractivity contribution in [3.05, 3.63) is 65.9 Å². The first-order chi connectivity index (χ1) is 13.9. The second-order valence-corrected chi connectivity index (χ2v) is 7.17. The molecule has 2 amide bonds. The number of aromatic nitrogens is 1. The number of ether oxygens (including phenoxy) is 1. The van der Waals surface area contributed by atoms with Gasteiger partial charge < -0.3 is 14.2 Å². The van der Waals surface area contributed by atoms with Crippen LogP contribution in [-0.2, 0) is 4.79 Å². The van der Waals surface area contributed by atoms with Crippen LogP contribution >= 0.6 is 0 Å². The van der Waals surface area contributed by atoms with Gasteiger partial charge in [-0.05, 0) is 19.1 Å². The van der Waals surface area contributed by atoms with Gasteiger partial charge in [-0.15, -0.1) is 0 Å². The Morgan fingerprint density at radius 3 is 2.55 bits per heavy atom. The molecular weight excluding hydrogens is 370 g/mol. The SMILES string of the molecule is Cc1ccc(-c2cc(C(=O)N3CC(C(=O)N(C)C)Oc4ccccc43)on2)cc1. The zero-order valence-corrected chi connectivity index (χ0v) is 16.5. The molecule has 0 radical (unpaired) electrons. The van der Waals surface area contributed by atoms with E-state index in [1.54, 1.807) is 38.4 Å². The van der Waals surface area contributed by atoms with Gasteiger partial charge in [0.15, 0.2) is 6.10 Å². The van der Waals surface area contributed by atoms with Crippen molar-refractivity contribution < 1.29 is 18.8 Å². The molecule has 7 nitrogen and oxygen atoms in total. The Bertz CT molecular complexity index is 1060. The smallest absolute Gasteiger partial charge is 0.297 e. The number of fused-ring (bicyclic) bond motifs is 1. The molecule has 148 valence electrons. The Morgan fingerprint density at radius 1 is 1.10 bits per heavy atom. The molecule has 1 atom stereocenters. The average molecular weight is 391 g/mol. The lowest BCUT2D eigenvalue weighted by molar-refractivity contribution is -0.135. The molecular formula is C22H21N3O4. The summed E-state index contributed by atoms with van der Waals surface area (Å²) in [6, 6.07) is 16.6. The van der Waals surface area contributed by atoms with Gasteiger partial charge in [-0.2, -0.15) is 0 Å². The summed E-state index contributed by atoms with van der Waals surface area (Å²) in [6.45, 7) is 2.09. The van der Waals surface area contributed by atoms with Gasteiger partial charge in [-0.1, -0.05) is 47.1 Å². The van der Waals surface area contributed by atoms with Crippen molar-refractivity contribution >= 4 is 17.5 Å². The van der Waals surface area contributed by atoms with Crippen LogP contribution in [0.1, 0.15) is 16.1 Å². The average Bonchev–Trinajstić information content (AvgIpc) is 3.22. The number of para-hydroxylation sites is 2. The molecule has 0 bridgehead atoms. The predicted octanol–water partition coefficient (Wildman–Crippen LogP) is 3.15. The fourth-order valence-electron chi connectivity index (χ4n) is 3.21. The van der Waals surface area contributed by atoms with Gasteiger partial charge in [-0.25, -0.2) is 0 Å². The molecule has 0 saturated carbocycles. The highest BCUT2D eigenvalue weighted by Gasteiger charge is 2.36. The minimum absolute atomic E-state index is 0.0907. The normalized spacial score (nSPS) is 15.4. The van der Waals surface area contributed by atoms with Gasteiger partial charge in [0.2, 0.25) is 5.76 Å². The predicted molar refractivity (Wildman–Crippen MR) is 108 cm³/mol. The molecule has 1 aliphatic rings. The lowest BCUT2D eigenvalue weighted by Gasteiger charge is -2.34. The third-order valence-electron chi connectivity index (χ3n) is 4.80. The number of carbonyl (C=O) groups excluding carboxylic acids is 2. The summed E-state index contributed by atoms with van der Waals surface area (Å²) >= 11 is 0. The van der Waals surface area contributed by atoms with Gasteiger partial charge in [-0.3, -0.25) is 14.5 Å². The summed E-state index contributed by atoms with van der Waals surface area (Å²) in [6.07, 6.45) is -0.789. The van der Waals surface area contributed by atoms with Crippen LogP contribution in [0.4, 0.5) is 5.69 Å². The standard InChI is InChI=1S/C22H21N3O4/c1-14-8-10-15(11-9-14)16-12-19(29-23-16)22(27)25-13-20(21(26)24(2)3)28-18-7-5-4-6-17(18)25/h4-12,20H,13H2,1-3H3. The molecule has 1 aromatic heterocycles. The van der Waals surface area contributed by atoms with E-state index in [-0.39, 0.29) is 24.1 Å². The summed E-state index contributed by atoms with van der Waals surface area (Å²) in [7, 11) is 3.31. The van der Waals surface area contributed by atoms with E-state index in [4.69, 9.17) is 9.26 Å². The van der Waals surface area contributed by atoms with Crippen molar-refractivity contribution in [3.8, 4) is 17.0 Å². The third kappa shape index (κ3) is 3.59. The number of nitrogens with zero attached hydrogens (tertiary/aromatic N) is 3. The monoisotopic (exact) mass is 391 g/mol. The maximum absolute atomic E-state index is 13.2. The maximum atomic E-state index is 13.2. The van der Waals surface area contributed by atoms with Crippen LogP contribution in [0.15, 0.2) is 59.1 Å². The Labute approximate surface area is 168 Å². The number of rotatable bonds is 3. The molecule has 4 rings (SSSR count). The van der Waals surface area contributed by atoms with Crippen LogP contribution in [0.3, 0.4) is 0 Å². The number of carbonyl (C=O) groups is 2. The molecule has 2 heterocycles. The quantitative estimate of drug-likeness (QED) is 0.686. The fourth-order valence-corrected chi connectivity index (χ4v) is 3.21. The van der Waals surface area contributed by atoms with E-state index in [1.807, 2.05) is 37.3 Å². The Hall–Kier alpha value is -3.61. The van der Waals surface area contributed by atoms with Crippen LogP contribution in [0.5, 0.6) is 5.75 Å². The Balaban J connectivity index is 1.65. The van der Waals surface area contributed by atoms with Crippen LogP contribution in [0, 0.1) is 6.92 Å². The van der Waals surface area contributed by atoms with Crippen LogP contribution in [-0.4, -0.2) is 48.6 Å². The lowest BCUT2D eigenvalue weighted by Crippen LogP contribution is -2.50. The van der Waals surface area contributed by atoms with E-state index < -0.39 is 6.10 Å². The summed E-state index contributed by atoms with van der Waals surface area (Å²) in [5, 5.41) is 4.04. The number of hydrogen-bond acceptors (Lipinski definition) is 5. The molecule has 2 aromatic carbocycles. The molecule has 0 aliphatic carbocycles. The zero-order valence-electron chi connectivity index (χ0n) is 16.5. The van der Waals surface area contributed by atoms with Crippen molar-refractivity contribution in [2.75, 3.05) is 25.5 Å². The van der Waals surface area contributed by atoms with Crippen molar-refractivity contribution in [2.45, 2.75) is 13.0 Å². The van der Waals surface area contributed by atoms with Crippen molar-refractivity contribution in [3.63, 3.8) is 0 Å². The lowest BCUT2D eigenvalue weighted by atomic mass is 10.1. The van der Waals surface area contributed by atoms with Crippen molar-refractivity contribution in [2.24, 2.45) is 0 Å². The highest BCUT2D eigenvalue weighted by atomic mass is 16.5. The minimum Gasteiger partial charge on any atom is -0.476 e. The topological polar surface area (TPSA) is 75.9 Å². The summed E-state index contributed by atoms with van der Waals surface area (Å²) in [4.78, 5) is 28.6. The minimum atomic E-state index is -0.789. The molecule has 1 unspecified atom stereocenters. The zero-order chi connectivity index (χ0) is 20.5. The van der Waals surface area contributed by atoms with E-state index >= 15 is 0 Å². The molecule has 0 fully saturated rings. The highest BCUT2D eigenvalue weighted by molar-refractivity contribution is 6.06. The van der Waals surface area contributed by atoms with Gasteiger partial charge in [0, 0.05) is 25.7 Å². The molecule has 1 aliphatic heterocycles. The van der Waals surface area contributed by atoms with Crippen LogP contribution in [0.25, 0.3) is 11.3 Å². The number of amides is 2. The Kier molecular flexibility index (Phi) is 4.80. The number of likely N-dealkylation sites (N-methyl/N-ethyl adjacent to an activating group) is 1. The maximum Gasteiger partial charge on any atom is 0.297 e. The van der Waals surface area contributed by atoms with E-state index in [0.29, 0.717) is 17.1 Å². The van der Waals surface area contributed by atoms with E-state index in [1.165, 1.54) is 9.80 Å². The van der Waals surface area contributed by atoms with Gasteiger partial charge in [0.25, 0.3) is 11.8 Å². The highest BCUT2D eigenvalue weighted by Crippen LogP contribution is 2.34. The first-order valence-corrected chi connectivity index (χ1v) is 9.26. The molecule has 7 heteroatoms. The second-order valence-electron chi connectivity index (χ2n) is 7.17. The molecule has 3 aromatic rings. The molecule has 0 spiro atoms. The first-order valence-electron chi connectivity index (χ1n) is 9.26.